The number of amides is 1. The molecule has 1 amide bonds. The van der Waals surface area contributed by atoms with E-state index in [1.165, 1.54) is 0 Å². The number of carbonyl (C=O) groups excluding carboxylic acids is 1. The third-order valence-electron chi connectivity index (χ3n) is 4.98. The summed E-state index contributed by atoms with van der Waals surface area (Å²) in [6, 6.07) is 23.8. The predicted molar refractivity (Wildman–Crippen MR) is 124 cm³/mol. The Bertz CT molecular complexity index is 981. The van der Waals surface area contributed by atoms with Gasteiger partial charge in [-0.05, 0) is 47.9 Å². The number of aliphatic hydroxyl groups is 1. The van der Waals surface area contributed by atoms with Crippen molar-refractivity contribution in [2.75, 3.05) is 13.7 Å². The van der Waals surface area contributed by atoms with Crippen LogP contribution >= 0.6 is 11.6 Å². The first-order chi connectivity index (χ1) is 15.0. The van der Waals surface area contributed by atoms with Crippen LogP contribution in [0.4, 0.5) is 0 Å². The number of hydrogen-bond acceptors (Lipinski definition) is 4. The van der Waals surface area contributed by atoms with Gasteiger partial charge in [-0.3, -0.25) is 4.79 Å². The molecule has 2 atom stereocenters. The van der Waals surface area contributed by atoms with E-state index in [0.717, 1.165) is 16.9 Å². The molecule has 0 bridgehead atoms. The monoisotopic (exact) mass is 438 g/mol. The summed E-state index contributed by atoms with van der Waals surface area (Å²) in [6.07, 6.45) is -0.274. The minimum absolute atomic E-state index is 0.268. The molecule has 0 radical (unpaired) electrons. The molecule has 0 aliphatic heterocycles. The average Bonchev–Trinajstić information content (AvgIpc) is 2.79. The van der Waals surface area contributed by atoms with Gasteiger partial charge in [-0.25, -0.2) is 0 Å². The van der Waals surface area contributed by atoms with E-state index < -0.39 is 12.1 Å². The molecule has 3 aromatic carbocycles. The molecule has 0 spiro atoms. The van der Waals surface area contributed by atoms with Crippen LogP contribution in [-0.2, 0) is 13.0 Å². The van der Waals surface area contributed by atoms with Crippen molar-refractivity contribution in [3.05, 3.63) is 101 Å². The van der Waals surface area contributed by atoms with Gasteiger partial charge in [0.2, 0.25) is 0 Å². The van der Waals surface area contributed by atoms with Crippen molar-refractivity contribution in [3.8, 4) is 5.75 Å². The number of aliphatic hydroxyl groups excluding tert-OH is 1. The second-order valence-electron chi connectivity index (χ2n) is 7.33. The Labute approximate surface area is 188 Å². The first-order valence-corrected chi connectivity index (χ1v) is 10.5. The van der Waals surface area contributed by atoms with Crippen LogP contribution < -0.4 is 15.4 Å². The zero-order chi connectivity index (χ0) is 22.1. The van der Waals surface area contributed by atoms with Gasteiger partial charge < -0.3 is 20.5 Å². The standard InChI is InChI=1S/C25H27ClN2O3/c1-31-22-12-5-9-19(13-22)16-27-17-24(29)23(14-18-7-3-2-4-8-18)28-25(30)20-10-6-11-21(26)15-20/h2-13,15,23-24,27,29H,14,16-17H2,1H3,(H,28,30)/t23-,24-/m0/s1. The minimum Gasteiger partial charge on any atom is -0.497 e. The highest BCUT2D eigenvalue weighted by atomic mass is 35.5. The van der Waals surface area contributed by atoms with E-state index in [9.17, 15) is 9.90 Å². The van der Waals surface area contributed by atoms with Gasteiger partial charge in [0.05, 0.1) is 19.3 Å². The summed E-state index contributed by atoms with van der Waals surface area (Å²) < 4.78 is 5.25. The van der Waals surface area contributed by atoms with E-state index in [4.69, 9.17) is 16.3 Å². The lowest BCUT2D eigenvalue weighted by Gasteiger charge is -2.25. The zero-order valence-corrected chi connectivity index (χ0v) is 18.2. The summed E-state index contributed by atoms with van der Waals surface area (Å²) in [6.45, 7) is 0.902. The zero-order valence-electron chi connectivity index (χ0n) is 17.4. The number of halogens is 1. The molecule has 162 valence electrons. The van der Waals surface area contributed by atoms with E-state index in [2.05, 4.69) is 10.6 Å². The first kappa shape index (κ1) is 22.8. The van der Waals surface area contributed by atoms with Gasteiger partial charge in [-0.2, -0.15) is 0 Å². The van der Waals surface area contributed by atoms with E-state index in [1.807, 2.05) is 54.6 Å². The lowest BCUT2D eigenvalue weighted by molar-refractivity contribution is 0.0830. The fourth-order valence-electron chi connectivity index (χ4n) is 3.32. The Hall–Kier alpha value is -2.86. The van der Waals surface area contributed by atoms with Crippen LogP contribution in [0.25, 0.3) is 0 Å². The number of methoxy groups -OCH3 is 1. The molecule has 0 unspecified atom stereocenters. The van der Waals surface area contributed by atoms with Crippen molar-refractivity contribution in [1.29, 1.82) is 0 Å². The van der Waals surface area contributed by atoms with E-state index in [1.54, 1.807) is 31.4 Å². The Kier molecular flexibility index (Phi) is 8.47. The van der Waals surface area contributed by atoms with E-state index >= 15 is 0 Å². The number of benzene rings is 3. The molecular formula is C25H27ClN2O3. The highest BCUT2D eigenvalue weighted by Gasteiger charge is 2.22. The summed E-state index contributed by atoms with van der Waals surface area (Å²) in [7, 11) is 1.63. The van der Waals surface area contributed by atoms with Crippen molar-refractivity contribution in [2.24, 2.45) is 0 Å². The van der Waals surface area contributed by atoms with Crippen molar-refractivity contribution in [2.45, 2.75) is 25.1 Å². The van der Waals surface area contributed by atoms with Gasteiger partial charge in [-0.1, -0.05) is 60.1 Å². The van der Waals surface area contributed by atoms with Crippen LogP contribution in [0.1, 0.15) is 21.5 Å². The summed E-state index contributed by atoms with van der Waals surface area (Å²) in [5.41, 5.74) is 2.54. The molecule has 31 heavy (non-hydrogen) atoms. The van der Waals surface area contributed by atoms with Crippen LogP contribution in [0.15, 0.2) is 78.9 Å². The minimum atomic E-state index is -0.783. The summed E-state index contributed by atoms with van der Waals surface area (Å²) in [4.78, 5) is 12.8. The maximum atomic E-state index is 12.8. The highest BCUT2D eigenvalue weighted by molar-refractivity contribution is 6.30. The highest BCUT2D eigenvalue weighted by Crippen LogP contribution is 2.14. The van der Waals surface area contributed by atoms with Gasteiger partial charge in [0, 0.05) is 23.7 Å². The van der Waals surface area contributed by atoms with Gasteiger partial charge >= 0.3 is 0 Å². The van der Waals surface area contributed by atoms with Gasteiger partial charge in [0.25, 0.3) is 5.91 Å². The van der Waals surface area contributed by atoms with E-state index in [0.29, 0.717) is 30.1 Å². The van der Waals surface area contributed by atoms with Crippen molar-refractivity contribution in [1.82, 2.24) is 10.6 Å². The lowest BCUT2D eigenvalue weighted by atomic mass is 10.0. The Morgan fingerprint density at radius 1 is 1.00 bits per heavy atom. The summed E-state index contributed by atoms with van der Waals surface area (Å²) in [5.74, 6) is 0.519. The molecular weight excluding hydrogens is 412 g/mol. The Morgan fingerprint density at radius 3 is 2.48 bits per heavy atom. The maximum absolute atomic E-state index is 12.8. The lowest BCUT2D eigenvalue weighted by Crippen LogP contribution is -2.48. The van der Waals surface area contributed by atoms with Crippen LogP contribution in [-0.4, -0.2) is 36.8 Å². The molecule has 0 saturated heterocycles. The topological polar surface area (TPSA) is 70.6 Å². The Morgan fingerprint density at radius 2 is 1.74 bits per heavy atom. The van der Waals surface area contributed by atoms with Gasteiger partial charge in [0.15, 0.2) is 0 Å². The molecule has 0 fully saturated rings. The Balaban J connectivity index is 1.65. The summed E-state index contributed by atoms with van der Waals surface area (Å²) in [5, 5.41) is 17.6. The van der Waals surface area contributed by atoms with Crippen LogP contribution in [0, 0.1) is 0 Å². The average molecular weight is 439 g/mol. The maximum Gasteiger partial charge on any atom is 0.251 e. The number of hydrogen-bond donors (Lipinski definition) is 3. The predicted octanol–water partition coefficient (Wildman–Crippen LogP) is 3.84. The normalized spacial score (nSPS) is 12.7. The van der Waals surface area contributed by atoms with Gasteiger partial charge in [-0.15, -0.1) is 0 Å². The largest absolute Gasteiger partial charge is 0.497 e. The molecule has 5 nitrogen and oxygen atoms in total. The number of rotatable bonds is 10. The third-order valence-corrected chi connectivity index (χ3v) is 5.22. The molecule has 3 rings (SSSR count). The molecule has 0 heterocycles. The fourth-order valence-corrected chi connectivity index (χ4v) is 3.51. The van der Waals surface area contributed by atoms with Crippen LogP contribution in [0.2, 0.25) is 5.02 Å². The van der Waals surface area contributed by atoms with Gasteiger partial charge in [0.1, 0.15) is 5.75 Å². The quantitative estimate of drug-likeness (QED) is 0.449. The van der Waals surface area contributed by atoms with E-state index in [-0.39, 0.29) is 5.91 Å². The van der Waals surface area contributed by atoms with Crippen molar-refractivity contribution >= 4 is 17.5 Å². The molecule has 6 heteroatoms. The third kappa shape index (κ3) is 7.10. The van der Waals surface area contributed by atoms with Crippen LogP contribution in [0.5, 0.6) is 5.75 Å². The van der Waals surface area contributed by atoms with Crippen molar-refractivity contribution in [3.63, 3.8) is 0 Å². The molecule has 0 aliphatic carbocycles. The number of ether oxygens (including phenoxy) is 1. The molecule has 0 aliphatic rings. The molecule has 3 N–H and O–H groups in total. The second kappa shape index (κ2) is 11.5. The molecule has 3 aromatic rings. The molecule has 0 aromatic heterocycles. The second-order valence-corrected chi connectivity index (χ2v) is 7.77. The van der Waals surface area contributed by atoms with Crippen LogP contribution in [0.3, 0.4) is 0 Å². The van der Waals surface area contributed by atoms with Crippen molar-refractivity contribution < 1.29 is 14.6 Å². The first-order valence-electron chi connectivity index (χ1n) is 10.2. The SMILES string of the molecule is COc1cccc(CNC[C@H](O)[C@H](Cc2ccccc2)NC(=O)c2cccc(Cl)c2)c1. The number of carbonyl (C=O) groups is 1. The summed E-state index contributed by atoms with van der Waals surface area (Å²) >= 11 is 6.02. The fraction of sp³-hybridized carbons (Fsp3) is 0.240. The number of nitrogens with one attached hydrogen (secondary N) is 2. The molecule has 0 saturated carbocycles. The smallest absolute Gasteiger partial charge is 0.251 e.